The summed E-state index contributed by atoms with van der Waals surface area (Å²) in [5.74, 6) is 0. The van der Waals surface area contributed by atoms with Gasteiger partial charge < -0.3 is 0 Å². The van der Waals surface area contributed by atoms with Gasteiger partial charge in [0.15, 0.2) is 0 Å². The Morgan fingerprint density at radius 1 is 1.57 bits per heavy atom. The molecule has 72 valence electrons. The Balaban J connectivity index is 3.21. The van der Waals surface area contributed by atoms with Crippen molar-refractivity contribution >= 4 is 0 Å². The summed E-state index contributed by atoms with van der Waals surface area (Å²) in [6, 6.07) is 5.63. The van der Waals surface area contributed by atoms with Crippen molar-refractivity contribution in [3.8, 4) is 6.07 Å². The van der Waals surface area contributed by atoms with Crippen LogP contribution in [0.15, 0.2) is 30.5 Å². The number of allylic oxidation sites excluding steroid dienone is 1. The maximum Gasteiger partial charge on any atom is 0.0992 e. The number of aromatic nitrogens is 1. The minimum absolute atomic E-state index is 0.174. The average Bonchev–Trinajstić information content (AvgIpc) is 2.17. The third-order valence-corrected chi connectivity index (χ3v) is 2.60. The van der Waals surface area contributed by atoms with E-state index in [1.165, 1.54) is 0 Å². The highest BCUT2D eigenvalue weighted by atomic mass is 14.7. The molecule has 14 heavy (non-hydrogen) atoms. The van der Waals surface area contributed by atoms with Crippen molar-refractivity contribution in [3.05, 3.63) is 41.7 Å². The molecular weight excluding hydrogens is 172 g/mol. The molecule has 1 aromatic heterocycles. The Kier molecular flexibility index (Phi) is 2.71. The van der Waals surface area contributed by atoms with Gasteiger partial charge in [0, 0.05) is 11.6 Å². The highest BCUT2D eigenvalue weighted by Gasteiger charge is 2.22. The third-order valence-electron chi connectivity index (χ3n) is 2.60. The van der Waals surface area contributed by atoms with Crippen LogP contribution in [0.2, 0.25) is 0 Å². The van der Waals surface area contributed by atoms with Gasteiger partial charge in [0.2, 0.25) is 0 Å². The summed E-state index contributed by atoms with van der Waals surface area (Å²) in [5.41, 5.74) is 2.40. The lowest BCUT2D eigenvalue weighted by Crippen LogP contribution is -2.19. The lowest BCUT2D eigenvalue weighted by molar-refractivity contribution is 0.603. The standard InChI is InChI=1S/C12H14N2/c1-9(2)12(3,4)11-7-10(8-13)5-6-14-11/h5-7H,1H2,2-4H3. The van der Waals surface area contributed by atoms with Crippen LogP contribution in [0.5, 0.6) is 0 Å². The van der Waals surface area contributed by atoms with Gasteiger partial charge in [-0.2, -0.15) is 5.26 Å². The quantitative estimate of drug-likeness (QED) is 0.666. The molecule has 0 saturated carbocycles. The van der Waals surface area contributed by atoms with Crippen LogP contribution in [-0.2, 0) is 5.41 Å². The third kappa shape index (κ3) is 1.82. The monoisotopic (exact) mass is 186 g/mol. The van der Waals surface area contributed by atoms with Crippen molar-refractivity contribution in [2.24, 2.45) is 0 Å². The van der Waals surface area contributed by atoms with Gasteiger partial charge in [0.1, 0.15) is 0 Å². The molecule has 0 unspecified atom stereocenters. The summed E-state index contributed by atoms with van der Waals surface area (Å²) < 4.78 is 0. The molecule has 0 aliphatic carbocycles. The SMILES string of the molecule is C=C(C)C(C)(C)c1cc(C#N)ccn1. The molecule has 0 fully saturated rings. The molecule has 0 spiro atoms. The van der Waals surface area contributed by atoms with Crippen LogP contribution in [-0.4, -0.2) is 4.98 Å². The van der Waals surface area contributed by atoms with Gasteiger partial charge in [0.25, 0.3) is 0 Å². The van der Waals surface area contributed by atoms with E-state index in [-0.39, 0.29) is 5.41 Å². The maximum absolute atomic E-state index is 8.77. The van der Waals surface area contributed by atoms with Crippen molar-refractivity contribution in [1.29, 1.82) is 5.26 Å². The number of nitrogens with zero attached hydrogens (tertiary/aromatic N) is 2. The molecule has 0 atom stereocenters. The van der Waals surface area contributed by atoms with Crippen molar-refractivity contribution in [2.45, 2.75) is 26.2 Å². The van der Waals surface area contributed by atoms with E-state index < -0.39 is 0 Å². The topological polar surface area (TPSA) is 36.7 Å². The summed E-state index contributed by atoms with van der Waals surface area (Å²) in [6.45, 7) is 10.0. The molecule has 0 aliphatic heterocycles. The first kappa shape index (κ1) is 10.5. The Bertz CT molecular complexity index is 397. The molecule has 2 heteroatoms. The molecule has 0 radical (unpaired) electrons. The Morgan fingerprint density at radius 2 is 2.21 bits per heavy atom. The van der Waals surface area contributed by atoms with Gasteiger partial charge in [0.05, 0.1) is 17.3 Å². The van der Waals surface area contributed by atoms with E-state index in [0.717, 1.165) is 11.3 Å². The summed E-state index contributed by atoms with van der Waals surface area (Å²) in [7, 11) is 0. The summed E-state index contributed by atoms with van der Waals surface area (Å²) >= 11 is 0. The fraction of sp³-hybridized carbons (Fsp3) is 0.333. The van der Waals surface area contributed by atoms with E-state index in [1.807, 2.05) is 13.0 Å². The summed E-state index contributed by atoms with van der Waals surface area (Å²) in [6.07, 6.45) is 1.67. The predicted octanol–water partition coefficient (Wildman–Crippen LogP) is 2.81. The maximum atomic E-state index is 8.77. The molecule has 2 nitrogen and oxygen atoms in total. The molecular formula is C12H14N2. The molecule has 0 aromatic carbocycles. The molecule has 0 amide bonds. The van der Waals surface area contributed by atoms with Gasteiger partial charge in [-0.1, -0.05) is 26.0 Å². The molecule has 0 bridgehead atoms. The van der Waals surface area contributed by atoms with Gasteiger partial charge in [-0.05, 0) is 19.1 Å². The van der Waals surface area contributed by atoms with E-state index >= 15 is 0 Å². The number of nitriles is 1. The second-order valence-corrected chi connectivity index (χ2v) is 3.95. The summed E-state index contributed by atoms with van der Waals surface area (Å²) in [5, 5.41) is 8.77. The number of hydrogen-bond acceptors (Lipinski definition) is 2. The Hall–Kier alpha value is -1.62. The number of rotatable bonds is 2. The molecule has 0 saturated heterocycles. The molecule has 1 heterocycles. The zero-order valence-electron chi connectivity index (χ0n) is 8.83. The van der Waals surface area contributed by atoms with Gasteiger partial charge >= 0.3 is 0 Å². The van der Waals surface area contributed by atoms with E-state index in [2.05, 4.69) is 31.5 Å². The van der Waals surface area contributed by atoms with Crippen molar-refractivity contribution in [1.82, 2.24) is 4.98 Å². The first-order valence-corrected chi connectivity index (χ1v) is 4.51. The largest absolute Gasteiger partial charge is 0.260 e. The van der Waals surface area contributed by atoms with Crippen LogP contribution in [0, 0.1) is 11.3 Å². The second kappa shape index (κ2) is 3.63. The van der Waals surface area contributed by atoms with Crippen LogP contribution in [0.3, 0.4) is 0 Å². The molecule has 0 aliphatic rings. The van der Waals surface area contributed by atoms with Crippen LogP contribution >= 0.6 is 0 Å². The second-order valence-electron chi connectivity index (χ2n) is 3.95. The average molecular weight is 186 g/mol. The highest BCUT2D eigenvalue weighted by molar-refractivity contribution is 5.35. The number of pyridine rings is 1. The lowest BCUT2D eigenvalue weighted by Gasteiger charge is -2.24. The van der Waals surface area contributed by atoms with E-state index in [4.69, 9.17) is 5.26 Å². The van der Waals surface area contributed by atoms with E-state index in [9.17, 15) is 0 Å². The van der Waals surface area contributed by atoms with Crippen LogP contribution in [0.1, 0.15) is 32.0 Å². The fourth-order valence-electron chi connectivity index (χ4n) is 1.06. The van der Waals surface area contributed by atoms with Crippen LogP contribution < -0.4 is 0 Å². The molecule has 1 aromatic rings. The zero-order chi connectivity index (χ0) is 10.8. The molecule has 0 N–H and O–H groups in total. The van der Waals surface area contributed by atoms with Crippen LogP contribution in [0.25, 0.3) is 0 Å². The van der Waals surface area contributed by atoms with E-state index in [0.29, 0.717) is 5.56 Å². The predicted molar refractivity (Wildman–Crippen MR) is 56.8 cm³/mol. The number of hydrogen-bond donors (Lipinski definition) is 0. The highest BCUT2D eigenvalue weighted by Crippen LogP contribution is 2.28. The minimum atomic E-state index is -0.174. The van der Waals surface area contributed by atoms with Gasteiger partial charge in [-0.15, -0.1) is 0 Å². The summed E-state index contributed by atoms with van der Waals surface area (Å²) in [4.78, 5) is 4.27. The Morgan fingerprint density at radius 3 is 2.71 bits per heavy atom. The lowest BCUT2D eigenvalue weighted by atomic mass is 9.82. The Labute approximate surface area is 84.9 Å². The van der Waals surface area contributed by atoms with Crippen molar-refractivity contribution in [3.63, 3.8) is 0 Å². The minimum Gasteiger partial charge on any atom is -0.260 e. The van der Waals surface area contributed by atoms with Crippen molar-refractivity contribution in [2.75, 3.05) is 0 Å². The normalized spacial score (nSPS) is 10.7. The zero-order valence-corrected chi connectivity index (χ0v) is 8.83. The van der Waals surface area contributed by atoms with Gasteiger partial charge in [-0.3, -0.25) is 4.98 Å². The van der Waals surface area contributed by atoms with Crippen molar-refractivity contribution < 1.29 is 0 Å². The fourth-order valence-corrected chi connectivity index (χ4v) is 1.06. The first-order chi connectivity index (χ1) is 6.48. The van der Waals surface area contributed by atoms with E-state index in [1.54, 1.807) is 12.3 Å². The van der Waals surface area contributed by atoms with Gasteiger partial charge in [-0.25, -0.2) is 0 Å². The molecule has 1 rings (SSSR count). The van der Waals surface area contributed by atoms with Crippen LogP contribution in [0.4, 0.5) is 0 Å². The first-order valence-electron chi connectivity index (χ1n) is 4.51. The smallest absolute Gasteiger partial charge is 0.0992 e.